The fourth-order valence-electron chi connectivity index (χ4n) is 3.53. The third-order valence-electron chi connectivity index (χ3n) is 4.92. The molecule has 1 amide bonds. The molecule has 136 valence electrons. The number of piperidine rings is 1. The van der Waals surface area contributed by atoms with Gasteiger partial charge in [0.2, 0.25) is 0 Å². The highest BCUT2D eigenvalue weighted by atomic mass is 19.4. The number of fused-ring (bicyclic) bond motifs is 1. The highest BCUT2D eigenvalue weighted by molar-refractivity contribution is 5.92. The van der Waals surface area contributed by atoms with Gasteiger partial charge >= 0.3 is 12.1 Å². The van der Waals surface area contributed by atoms with Crippen molar-refractivity contribution < 1.29 is 27.9 Å². The molecule has 0 radical (unpaired) electrons. The number of halogens is 3. The lowest BCUT2D eigenvalue weighted by atomic mass is 10.2. The SMILES string of the molecule is O=C(O)C1[C@H]2CN(C(=O)c3cn(-c4cccc(C(F)(F)F)c4)nn3)C[C@@H]12. The van der Waals surface area contributed by atoms with E-state index in [0.717, 1.165) is 16.8 Å². The Morgan fingerprint density at radius 3 is 2.50 bits per heavy atom. The maximum atomic E-state index is 12.8. The Balaban J connectivity index is 1.49. The standard InChI is InChI=1S/C16H13F3N4O3/c17-16(18,19)8-2-1-3-9(4-8)23-7-12(20-21-23)14(24)22-5-10-11(6-22)13(10)15(25)26/h1-4,7,10-11,13H,5-6H2,(H,25,26)/t10-,11+,13?. The number of aromatic nitrogens is 3. The number of benzene rings is 1. The van der Waals surface area contributed by atoms with Crippen LogP contribution in [-0.4, -0.2) is 50.0 Å². The molecular weight excluding hydrogens is 353 g/mol. The summed E-state index contributed by atoms with van der Waals surface area (Å²) in [4.78, 5) is 24.9. The number of rotatable bonds is 3. The van der Waals surface area contributed by atoms with Crippen LogP contribution >= 0.6 is 0 Å². The average molecular weight is 366 g/mol. The Kier molecular flexibility index (Phi) is 3.53. The Hall–Kier alpha value is -2.91. The van der Waals surface area contributed by atoms with Gasteiger partial charge < -0.3 is 10.0 Å². The zero-order chi connectivity index (χ0) is 18.6. The summed E-state index contributed by atoms with van der Waals surface area (Å²) in [7, 11) is 0. The Bertz CT molecular complexity index is 883. The third-order valence-corrected chi connectivity index (χ3v) is 4.92. The molecule has 2 aromatic rings. The molecule has 0 bridgehead atoms. The monoisotopic (exact) mass is 366 g/mol. The summed E-state index contributed by atoms with van der Waals surface area (Å²) in [6, 6.07) is 4.55. The molecule has 1 aliphatic heterocycles. The van der Waals surface area contributed by atoms with Gasteiger partial charge in [0.25, 0.3) is 5.91 Å². The number of carbonyl (C=O) groups excluding carboxylic acids is 1. The second-order valence-electron chi connectivity index (χ2n) is 6.50. The molecule has 1 aromatic heterocycles. The summed E-state index contributed by atoms with van der Waals surface area (Å²) in [5.74, 6) is -1.70. The molecule has 2 fully saturated rings. The Morgan fingerprint density at radius 1 is 1.19 bits per heavy atom. The van der Waals surface area contributed by atoms with E-state index in [2.05, 4.69) is 10.3 Å². The van der Waals surface area contributed by atoms with Crippen molar-refractivity contribution in [2.24, 2.45) is 17.8 Å². The smallest absolute Gasteiger partial charge is 0.416 e. The molecule has 26 heavy (non-hydrogen) atoms. The first kappa shape index (κ1) is 16.6. The van der Waals surface area contributed by atoms with Crippen LogP contribution in [0.3, 0.4) is 0 Å². The van der Waals surface area contributed by atoms with E-state index in [1.54, 1.807) is 0 Å². The average Bonchev–Trinajstić information content (AvgIpc) is 2.96. The molecule has 3 atom stereocenters. The van der Waals surface area contributed by atoms with Crippen LogP contribution in [0, 0.1) is 17.8 Å². The topological polar surface area (TPSA) is 88.3 Å². The summed E-state index contributed by atoms with van der Waals surface area (Å²) in [5, 5.41) is 16.5. The summed E-state index contributed by atoms with van der Waals surface area (Å²) in [6.07, 6.45) is -3.21. The van der Waals surface area contributed by atoms with E-state index in [4.69, 9.17) is 5.11 Å². The Morgan fingerprint density at radius 2 is 1.88 bits per heavy atom. The number of alkyl halides is 3. The number of aliphatic carboxylic acids is 1. The predicted molar refractivity (Wildman–Crippen MR) is 80.4 cm³/mol. The van der Waals surface area contributed by atoms with Crippen LogP contribution in [-0.2, 0) is 11.0 Å². The minimum atomic E-state index is -4.48. The summed E-state index contributed by atoms with van der Waals surface area (Å²) < 4.78 is 39.5. The van der Waals surface area contributed by atoms with E-state index in [-0.39, 0.29) is 29.1 Å². The van der Waals surface area contributed by atoms with Crippen molar-refractivity contribution in [3.05, 3.63) is 41.7 Å². The molecule has 1 aromatic carbocycles. The zero-order valence-corrected chi connectivity index (χ0v) is 13.2. The highest BCUT2D eigenvalue weighted by Crippen LogP contribution is 2.51. The van der Waals surface area contributed by atoms with Crippen molar-refractivity contribution in [2.45, 2.75) is 6.18 Å². The van der Waals surface area contributed by atoms with Crippen LogP contribution in [0.2, 0.25) is 0 Å². The van der Waals surface area contributed by atoms with Crippen LogP contribution in [0.1, 0.15) is 16.1 Å². The van der Waals surface area contributed by atoms with E-state index in [1.807, 2.05) is 0 Å². The summed E-state index contributed by atoms with van der Waals surface area (Å²) in [5.41, 5.74) is -0.671. The van der Waals surface area contributed by atoms with Crippen LogP contribution < -0.4 is 0 Å². The molecule has 0 spiro atoms. The molecule has 10 heteroatoms. The van der Waals surface area contributed by atoms with E-state index < -0.39 is 23.6 Å². The number of hydrogen-bond acceptors (Lipinski definition) is 4. The molecule has 2 aliphatic rings. The predicted octanol–water partition coefficient (Wildman–Crippen LogP) is 1.69. The van der Waals surface area contributed by atoms with Crippen molar-refractivity contribution in [1.82, 2.24) is 19.9 Å². The molecule has 1 unspecified atom stereocenters. The normalized spacial score (nSPS) is 24.4. The third kappa shape index (κ3) is 2.71. The molecule has 1 saturated carbocycles. The van der Waals surface area contributed by atoms with Gasteiger partial charge in [-0.05, 0) is 30.0 Å². The Labute approximate surface area is 145 Å². The zero-order valence-electron chi connectivity index (χ0n) is 13.2. The first-order valence-electron chi connectivity index (χ1n) is 7.88. The van der Waals surface area contributed by atoms with E-state index in [9.17, 15) is 22.8 Å². The van der Waals surface area contributed by atoms with Crippen LogP contribution in [0.4, 0.5) is 13.2 Å². The molecule has 4 rings (SSSR count). The molecule has 7 nitrogen and oxygen atoms in total. The molecule has 2 heterocycles. The van der Waals surface area contributed by atoms with Gasteiger partial charge in [0.1, 0.15) is 0 Å². The minimum absolute atomic E-state index is 0.00980. The van der Waals surface area contributed by atoms with Gasteiger partial charge in [-0.2, -0.15) is 13.2 Å². The second kappa shape index (κ2) is 5.55. The van der Waals surface area contributed by atoms with E-state index >= 15 is 0 Å². The first-order chi connectivity index (χ1) is 12.3. The number of nitrogens with zero attached hydrogens (tertiary/aromatic N) is 4. The lowest BCUT2D eigenvalue weighted by Gasteiger charge is -2.17. The molecule has 1 N–H and O–H groups in total. The van der Waals surface area contributed by atoms with Gasteiger partial charge in [0.05, 0.1) is 23.4 Å². The van der Waals surface area contributed by atoms with E-state index in [1.165, 1.54) is 23.2 Å². The lowest BCUT2D eigenvalue weighted by molar-refractivity contribution is -0.139. The molecule has 1 aliphatic carbocycles. The maximum absolute atomic E-state index is 12.8. The summed E-state index contributed by atoms with van der Waals surface area (Å²) >= 11 is 0. The van der Waals surface area contributed by atoms with Crippen molar-refractivity contribution in [2.75, 3.05) is 13.1 Å². The number of amides is 1. The largest absolute Gasteiger partial charge is 0.481 e. The number of hydrogen-bond donors (Lipinski definition) is 1. The van der Waals surface area contributed by atoms with Gasteiger partial charge in [-0.1, -0.05) is 11.3 Å². The van der Waals surface area contributed by atoms with Crippen molar-refractivity contribution in [3.8, 4) is 5.69 Å². The summed E-state index contributed by atoms with van der Waals surface area (Å²) in [6.45, 7) is 0.688. The fraction of sp³-hybridized carbons (Fsp3) is 0.375. The van der Waals surface area contributed by atoms with Crippen LogP contribution in [0.15, 0.2) is 30.5 Å². The van der Waals surface area contributed by atoms with E-state index in [0.29, 0.717) is 13.1 Å². The van der Waals surface area contributed by atoms with Gasteiger partial charge in [-0.15, -0.1) is 5.10 Å². The van der Waals surface area contributed by atoms with Crippen LogP contribution in [0.25, 0.3) is 5.69 Å². The number of carboxylic acid groups (broad SMARTS) is 1. The van der Waals surface area contributed by atoms with Crippen molar-refractivity contribution in [3.63, 3.8) is 0 Å². The highest BCUT2D eigenvalue weighted by Gasteiger charge is 2.60. The fourth-order valence-corrected chi connectivity index (χ4v) is 3.53. The molecular formula is C16H13F3N4O3. The number of carboxylic acids is 1. The minimum Gasteiger partial charge on any atom is -0.481 e. The van der Waals surface area contributed by atoms with Crippen molar-refractivity contribution >= 4 is 11.9 Å². The first-order valence-corrected chi connectivity index (χ1v) is 7.88. The second-order valence-corrected chi connectivity index (χ2v) is 6.50. The van der Waals surface area contributed by atoms with Crippen molar-refractivity contribution in [1.29, 1.82) is 0 Å². The number of carbonyl (C=O) groups is 2. The number of likely N-dealkylation sites (tertiary alicyclic amines) is 1. The van der Waals surface area contributed by atoms with Crippen LogP contribution in [0.5, 0.6) is 0 Å². The lowest BCUT2D eigenvalue weighted by Crippen LogP contribution is -2.32. The quantitative estimate of drug-likeness (QED) is 0.893. The maximum Gasteiger partial charge on any atom is 0.416 e. The molecule has 1 saturated heterocycles. The van der Waals surface area contributed by atoms with Gasteiger partial charge in [0.15, 0.2) is 5.69 Å². The van der Waals surface area contributed by atoms with Gasteiger partial charge in [0, 0.05) is 13.1 Å². The van der Waals surface area contributed by atoms with Gasteiger partial charge in [-0.3, -0.25) is 9.59 Å². The van der Waals surface area contributed by atoms with Gasteiger partial charge in [-0.25, -0.2) is 4.68 Å².